The van der Waals surface area contributed by atoms with Crippen LogP contribution in [0.3, 0.4) is 0 Å². The average Bonchev–Trinajstić information content (AvgIpc) is 2.58. The van der Waals surface area contributed by atoms with E-state index in [-0.39, 0.29) is 11.9 Å². The highest BCUT2D eigenvalue weighted by Crippen LogP contribution is 2.31. The molecule has 0 aliphatic carbocycles. The summed E-state index contributed by atoms with van der Waals surface area (Å²) in [6.07, 6.45) is 0.628. The van der Waals surface area contributed by atoms with Gasteiger partial charge in [0.25, 0.3) is 0 Å². The lowest BCUT2D eigenvalue weighted by Gasteiger charge is -2.10. The summed E-state index contributed by atoms with van der Waals surface area (Å²) in [6.45, 7) is 4.06. The zero-order valence-electron chi connectivity index (χ0n) is 7.70. The van der Waals surface area contributed by atoms with Gasteiger partial charge in [-0.1, -0.05) is 6.92 Å². The summed E-state index contributed by atoms with van der Waals surface area (Å²) >= 11 is 1.63. The average molecular weight is 196 g/mol. The van der Waals surface area contributed by atoms with E-state index in [1.807, 2.05) is 12.3 Å². The molecule has 3 nitrogen and oxygen atoms in total. The number of carbonyl (C=O) groups is 1. The molecule has 1 N–H and O–H groups in total. The second kappa shape index (κ2) is 3.10. The van der Waals surface area contributed by atoms with Gasteiger partial charge in [0.2, 0.25) is 5.91 Å². The van der Waals surface area contributed by atoms with Crippen molar-refractivity contribution in [2.24, 2.45) is 5.92 Å². The predicted octanol–water partition coefficient (Wildman–Crippen LogP) is 1.65. The van der Waals surface area contributed by atoms with Gasteiger partial charge in [-0.05, 0) is 12.8 Å². The van der Waals surface area contributed by atoms with Crippen LogP contribution in [0.2, 0.25) is 0 Å². The molecule has 1 aromatic heterocycles. The van der Waals surface area contributed by atoms with Crippen LogP contribution in [0.15, 0.2) is 5.38 Å². The molecule has 1 aliphatic heterocycles. The first-order valence-corrected chi connectivity index (χ1v) is 5.26. The van der Waals surface area contributed by atoms with Crippen LogP contribution in [0, 0.1) is 12.8 Å². The number of rotatable bonds is 1. The van der Waals surface area contributed by atoms with Crippen molar-refractivity contribution in [1.29, 1.82) is 0 Å². The minimum absolute atomic E-state index is 0.144. The molecule has 2 rings (SSSR count). The topological polar surface area (TPSA) is 42.0 Å². The highest BCUT2D eigenvalue weighted by atomic mass is 32.1. The number of hydrogen-bond donors (Lipinski definition) is 1. The summed E-state index contributed by atoms with van der Waals surface area (Å²) < 4.78 is 0. The maximum absolute atomic E-state index is 11.1. The fourth-order valence-electron chi connectivity index (χ4n) is 1.61. The van der Waals surface area contributed by atoms with Gasteiger partial charge in [0.05, 0.1) is 6.04 Å². The van der Waals surface area contributed by atoms with Gasteiger partial charge in [-0.15, -0.1) is 11.3 Å². The molecule has 0 unspecified atom stereocenters. The number of carbonyl (C=O) groups excluding carboxylic acids is 1. The minimum atomic E-state index is 0.144. The van der Waals surface area contributed by atoms with Gasteiger partial charge in [-0.25, -0.2) is 4.98 Å². The molecule has 2 heterocycles. The highest BCUT2D eigenvalue weighted by Gasteiger charge is 2.31. The van der Waals surface area contributed by atoms with Gasteiger partial charge in [0, 0.05) is 17.5 Å². The summed E-state index contributed by atoms with van der Waals surface area (Å²) in [5, 5.41) is 6.00. The first-order valence-electron chi connectivity index (χ1n) is 4.38. The molecule has 13 heavy (non-hydrogen) atoms. The third-order valence-electron chi connectivity index (χ3n) is 2.30. The molecule has 4 heteroatoms. The van der Waals surface area contributed by atoms with Crippen molar-refractivity contribution in [2.45, 2.75) is 26.3 Å². The van der Waals surface area contributed by atoms with Crippen molar-refractivity contribution in [1.82, 2.24) is 10.3 Å². The Kier molecular flexibility index (Phi) is 2.07. The highest BCUT2D eigenvalue weighted by molar-refractivity contribution is 7.09. The van der Waals surface area contributed by atoms with E-state index in [2.05, 4.69) is 17.2 Å². The zero-order chi connectivity index (χ0) is 9.42. The maximum atomic E-state index is 11.1. The Morgan fingerprint density at radius 3 is 2.92 bits per heavy atom. The number of aryl methyl sites for hydroxylation is 1. The lowest BCUT2D eigenvalue weighted by Crippen LogP contribution is -2.19. The third-order valence-corrected chi connectivity index (χ3v) is 3.34. The molecular formula is C9H12N2OS. The van der Waals surface area contributed by atoms with Crippen LogP contribution in [0.4, 0.5) is 0 Å². The Balaban J connectivity index is 2.22. The van der Waals surface area contributed by atoms with E-state index in [4.69, 9.17) is 0 Å². The smallest absolute Gasteiger partial charge is 0.220 e. The lowest BCUT2D eigenvalue weighted by molar-refractivity contribution is -0.119. The second-order valence-corrected chi connectivity index (χ2v) is 4.44. The van der Waals surface area contributed by atoms with Crippen molar-refractivity contribution in [2.75, 3.05) is 0 Å². The van der Waals surface area contributed by atoms with Crippen molar-refractivity contribution >= 4 is 17.2 Å². The first-order chi connectivity index (χ1) is 6.16. The molecule has 1 fully saturated rings. The number of nitrogens with zero attached hydrogens (tertiary/aromatic N) is 1. The summed E-state index contributed by atoms with van der Waals surface area (Å²) in [5.74, 6) is 0.517. The summed E-state index contributed by atoms with van der Waals surface area (Å²) in [4.78, 5) is 15.5. The van der Waals surface area contributed by atoms with Crippen LogP contribution >= 0.6 is 11.3 Å². The molecule has 1 aromatic rings. The van der Waals surface area contributed by atoms with E-state index in [9.17, 15) is 4.79 Å². The fraction of sp³-hybridized carbons (Fsp3) is 0.556. The van der Waals surface area contributed by atoms with Gasteiger partial charge >= 0.3 is 0 Å². The number of amides is 1. The largest absolute Gasteiger partial charge is 0.347 e. The standard InChI is InChI=1S/C9H12N2OS/c1-5-3-7(12)11-8(5)9-10-6(2)4-13-9/h4-5,8H,3H2,1-2H3,(H,11,12)/t5-,8-/m0/s1. The molecule has 0 spiro atoms. The number of aromatic nitrogens is 1. The Hall–Kier alpha value is -0.900. The zero-order valence-corrected chi connectivity index (χ0v) is 8.52. The Morgan fingerprint density at radius 2 is 2.46 bits per heavy atom. The summed E-state index contributed by atoms with van der Waals surface area (Å²) in [7, 11) is 0. The maximum Gasteiger partial charge on any atom is 0.220 e. The van der Waals surface area contributed by atoms with Crippen molar-refractivity contribution < 1.29 is 4.79 Å². The quantitative estimate of drug-likeness (QED) is 0.742. The summed E-state index contributed by atoms with van der Waals surface area (Å²) in [6, 6.07) is 0.145. The predicted molar refractivity (Wildman–Crippen MR) is 51.5 cm³/mol. The molecule has 0 radical (unpaired) electrons. The Morgan fingerprint density at radius 1 is 1.69 bits per heavy atom. The van der Waals surface area contributed by atoms with Crippen molar-refractivity contribution in [3.05, 3.63) is 16.1 Å². The second-order valence-electron chi connectivity index (χ2n) is 3.55. The van der Waals surface area contributed by atoms with Gasteiger partial charge in [0.15, 0.2) is 0 Å². The van der Waals surface area contributed by atoms with Crippen LogP contribution in [0.1, 0.15) is 30.1 Å². The van der Waals surface area contributed by atoms with Crippen LogP contribution in [-0.4, -0.2) is 10.9 Å². The monoisotopic (exact) mass is 196 g/mol. The molecular weight excluding hydrogens is 184 g/mol. The van der Waals surface area contributed by atoms with Gasteiger partial charge in [-0.2, -0.15) is 0 Å². The Bertz CT molecular complexity index is 334. The van der Waals surface area contributed by atoms with E-state index < -0.39 is 0 Å². The van der Waals surface area contributed by atoms with Gasteiger partial charge in [0.1, 0.15) is 5.01 Å². The number of nitrogens with one attached hydrogen (secondary N) is 1. The van der Waals surface area contributed by atoms with Crippen molar-refractivity contribution in [3.63, 3.8) is 0 Å². The van der Waals surface area contributed by atoms with E-state index in [1.165, 1.54) is 0 Å². The van der Waals surface area contributed by atoms with Crippen LogP contribution < -0.4 is 5.32 Å². The molecule has 70 valence electrons. The number of hydrogen-bond acceptors (Lipinski definition) is 3. The molecule has 0 saturated carbocycles. The first kappa shape index (κ1) is 8.69. The molecule has 0 bridgehead atoms. The number of thiazole rings is 1. The van der Waals surface area contributed by atoms with Crippen LogP contribution in [-0.2, 0) is 4.79 Å². The van der Waals surface area contributed by atoms with Crippen molar-refractivity contribution in [3.8, 4) is 0 Å². The van der Waals surface area contributed by atoms with Crippen LogP contribution in [0.25, 0.3) is 0 Å². The normalized spacial score (nSPS) is 27.7. The Labute approximate surface area is 81.2 Å². The SMILES string of the molecule is Cc1csc([C@H]2NC(=O)C[C@@H]2C)n1. The molecule has 1 saturated heterocycles. The molecule has 1 amide bonds. The minimum Gasteiger partial charge on any atom is -0.347 e. The summed E-state index contributed by atoms with van der Waals surface area (Å²) in [5.41, 5.74) is 1.04. The lowest BCUT2D eigenvalue weighted by atomic mass is 10.0. The van der Waals surface area contributed by atoms with E-state index in [0.29, 0.717) is 12.3 Å². The van der Waals surface area contributed by atoms with E-state index in [0.717, 1.165) is 10.7 Å². The van der Waals surface area contributed by atoms with Gasteiger partial charge in [-0.3, -0.25) is 4.79 Å². The van der Waals surface area contributed by atoms with E-state index in [1.54, 1.807) is 11.3 Å². The molecule has 0 aromatic carbocycles. The van der Waals surface area contributed by atoms with Gasteiger partial charge < -0.3 is 5.32 Å². The van der Waals surface area contributed by atoms with Crippen LogP contribution in [0.5, 0.6) is 0 Å². The van der Waals surface area contributed by atoms with E-state index >= 15 is 0 Å². The molecule has 1 aliphatic rings. The third kappa shape index (κ3) is 1.58. The fourth-order valence-corrected chi connectivity index (χ4v) is 2.58. The molecule has 2 atom stereocenters.